The van der Waals surface area contributed by atoms with Crippen molar-refractivity contribution in [1.29, 1.82) is 0 Å². The minimum absolute atomic E-state index is 0.0472. The topological polar surface area (TPSA) is 63.2 Å². The number of fused-ring (bicyclic) bond motifs is 1. The lowest BCUT2D eigenvalue weighted by Crippen LogP contribution is -2.19. The number of anilines is 1. The van der Waals surface area contributed by atoms with Gasteiger partial charge in [-0.1, -0.05) is 11.6 Å². The molecular formula is C9H7Cl2NO3S. The van der Waals surface area contributed by atoms with Crippen molar-refractivity contribution in [2.45, 2.75) is 17.7 Å². The molecule has 0 unspecified atom stereocenters. The molecule has 0 fully saturated rings. The first kappa shape index (κ1) is 11.7. The van der Waals surface area contributed by atoms with Crippen LogP contribution >= 0.6 is 22.3 Å². The van der Waals surface area contributed by atoms with E-state index in [1.54, 1.807) is 0 Å². The van der Waals surface area contributed by atoms with Gasteiger partial charge in [-0.25, -0.2) is 8.42 Å². The molecule has 1 aliphatic heterocycles. The van der Waals surface area contributed by atoms with Crippen LogP contribution in [0.2, 0.25) is 5.02 Å². The second-order valence-electron chi connectivity index (χ2n) is 3.43. The summed E-state index contributed by atoms with van der Waals surface area (Å²) in [6.45, 7) is 0. The van der Waals surface area contributed by atoms with E-state index >= 15 is 0 Å². The van der Waals surface area contributed by atoms with Crippen molar-refractivity contribution in [3.05, 3.63) is 22.7 Å². The van der Waals surface area contributed by atoms with Gasteiger partial charge >= 0.3 is 0 Å². The van der Waals surface area contributed by atoms with Gasteiger partial charge in [0.25, 0.3) is 9.05 Å². The number of hydrogen-bond donors (Lipinski definition) is 1. The van der Waals surface area contributed by atoms with Crippen molar-refractivity contribution in [3.8, 4) is 0 Å². The van der Waals surface area contributed by atoms with Crippen molar-refractivity contribution in [3.63, 3.8) is 0 Å². The van der Waals surface area contributed by atoms with E-state index < -0.39 is 9.05 Å². The molecule has 86 valence electrons. The predicted octanol–water partition coefficient (Wildman–Crippen LogP) is 2.15. The summed E-state index contributed by atoms with van der Waals surface area (Å²) >= 11 is 5.88. The van der Waals surface area contributed by atoms with Crippen LogP contribution in [0.15, 0.2) is 17.0 Å². The highest BCUT2D eigenvalue weighted by molar-refractivity contribution is 8.13. The summed E-state index contributed by atoms with van der Waals surface area (Å²) in [5.41, 5.74) is 1.16. The lowest BCUT2D eigenvalue weighted by molar-refractivity contribution is -0.116. The van der Waals surface area contributed by atoms with Crippen LogP contribution in [0.5, 0.6) is 0 Å². The fourth-order valence-electron chi connectivity index (χ4n) is 1.56. The maximum absolute atomic E-state index is 11.2. The summed E-state index contributed by atoms with van der Waals surface area (Å²) in [5.74, 6) is -0.129. The molecule has 16 heavy (non-hydrogen) atoms. The standard InChI is InChI=1S/C9H7Cl2NO3S/c10-7-4-6(16(11,14)15)3-5-1-2-8(13)12-9(5)7/h3-4H,1-2H2,(H,12,13). The Kier molecular flexibility index (Phi) is 2.86. The van der Waals surface area contributed by atoms with Crippen LogP contribution in [0.3, 0.4) is 0 Å². The van der Waals surface area contributed by atoms with E-state index in [2.05, 4.69) is 5.32 Å². The first-order valence-electron chi connectivity index (χ1n) is 4.45. The molecule has 0 aromatic heterocycles. The monoisotopic (exact) mass is 279 g/mol. The fourth-order valence-corrected chi connectivity index (χ4v) is 2.72. The molecule has 1 aromatic carbocycles. The predicted molar refractivity (Wildman–Crippen MR) is 61.4 cm³/mol. The maximum atomic E-state index is 11.2. The molecule has 0 spiro atoms. The van der Waals surface area contributed by atoms with E-state index in [1.807, 2.05) is 0 Å². The molecule has 0 radical (unpaired) electrons. The van der Waals surface area contributed by atoms with E-state index in [0.29, 0.717) is 24.1 Å². The number of nitrogens with one attached hydrogen (secondary N) is 1. The highest BCUT2D eigenvalue weighted by Gasteiger charge is 2.21. The highest BCUT2D eigenvalue weighted by atomic mass is 35.7. The second kappa shape index (κ2) is 3.91. The van der Waals surface area contributed by atoms with Crippen LogP contribution in [0.25, 0.3) is 0 Å². The summed E-state index contributed by atoms with van der Waals surface area (Å²) in [5, 5.41) is 2.78. The number of carbonyl (C=O) groups excluding carboxylic acids is 1. The molecule has 1 aromatic rings. The normalized spacial score (nSPS) is 15.5. The maximum Gasteiger partial charge on any atom is 0.261 e. The average molecular weight is 280 g/mol. The molecule has 4 nitrogen and oxygen atoms in total. The summed E-state index contributed by atoms with van der Waals surface area (Å²) in [4.78, 5) is 11.1. The van der Waals surface area contributed by atoms with Crippen LogP contribution < -0.4 is 5.32 Å². The molecule has 2 rings (SSSR count). The smallest absolute Gasteiger partial charge is 0.261 e. The van der Waals surface area contributed by atoms with Crippen molar-refractivity contribution >= 4 is 42.9 Å². The van der Waals surface area contributed by atoms with Crippen LogP contribution in [-0.4, -0.2) is 14.3 Å². The van der Waals surface area contributed by atoms with Gasteiger partial charge in [-0.15, -0.1) is 0 Å². The van der Waals surface area contributed by atoms with Crippen molar-refractivity contribution in [2.24, 2.45) is 0 Å². The van der Waals surface area contributed by atoms with Crippen molar-refractivity contribution in [2.75, 3.05) is 5.32 Å². The number of benzene rings is 1. The third-order valence-corrected chi connectivity index (χ3v) is 3.94. The van der Waals surface area contributed by atoms with Gasteiger partial charge in [-0.2, -0.15) is 0 Å². The number of carbonyl (C=O) groups is 1. The van der Waals surface area contributed by atoms with E-state index in [0.717, 1.165) is 0 Å². The van der Waals surface area contributed by atoms with Crippen LogP contribution in [-0.2, 0) is 20.3 Å². The molecule has 0 atom stereocenters. The van der Waals surface area contributed by atoms with E-state index in [-0.39, 0.29) is 15.8 Å². The molecule has 0 bridgehead atoms. The Morgan fingerprint density at radius 1 is 1.25 bits per heavy atom. The molecule has 1 amide bonds. The molecule has 0 aliphatic carbocycles. The summed E-state index contributed by atoms with van der Waals surface area (Å²) in [6, 6.07) is 2.66. The lowest BCUT2D eigenvalue weighted by atomic mass is 10.0. The third-order valence-electron chi connectivity index (χ3n) is 2.31. The quantitative estimate of drug-likeness (QED) is 0.802. The van der Waals surface area contributed by atoms with Gasteiger partial charge in [0, 0.05) is 17.1 Å². The Bertz CT molecular complexity index is 568. The van der Waals surface area contributed by atoms with Crippen LogP contribution in [0.4, 0.5) is 5.69 Å². The largest absolute Gasteiger partial charge is 0.325 e. The Hall–Kier alpha value is -0.780. The Balaban J connectivity index is 2.59. The zero-order chi connectivity index (χ0) is 11.9. The molecule has 1 aliphatic rings. The number of hydrogen-bond acceptors (Lipinski definition) is 3. The summed E-state index contributed by atoms with van der Waals surface area (Å²) in [7, 11) is 1.43. The molecule has 0 saturated heterocycles. The minimum Gasteiger partial charge on any atom is -0.325 e. The van der Waals surface area contributed by atoms with Gasteiger partial charge < -0.3 is 5.32 Å². The van der Waals surface area contributed by atoms with Crippen molar-refractivity contribution < 1.29 is 13.2 Å². The van der Waals surface area contributed by atoms with Crippen molar-refractivity contribution in [1.82, 2.24) is 0 Å². The van der Waals surface area contributed by atoms with Crippen LogP contribution in [0, 0.1) is 0 Å². The van der Waals surface area contributed by atoms with E-state index in [1.165, 1.54) is 12.1 Å². The van der Waals surface area contributed by atoms with Gasteiger partial charge in [-0.05, 0) is 24.1 Å². The lowest BCUT2D eigenvalue weighted by Gasteiger charge is -2.18. The number of rotatable bonds is 1. The number of amides is 1. The zero-order valence-electron chi connectivity index (χ0n) is 7.96. The SMILES string of the molecule is O=C1CCc2cc(S(=O)(=O)Cl)cc(Cl)c2N1. The molecule has 1 heterocycles. The fraction of sp³-hybridized carbons (Fsp3) is 0.222. The Morgan fingerprint density at radius 2 is 1.94 bits per heavy atom. The second-order valence-corrected chi connectivity index (χ2v) is 6.40. The first-order chi connectivity index (χ1) is 7.38. The summed E-state index contributed by atoms with van der Waals surface area (Å²) in [6.07, 6.45) is 0.774. The number of aryl methyl sites for hydroxylation is 1. The van der Waals surface area contributed by atoms with Gasteiger partial charge in [0.2, 0.25) is 5.91 Å². The Labute approximate surface area is 102 Å². The van der Waals surface area contributed by atoms with E-state index in [4.69, 9.17) is 22.3 Å². The van der Waals surface area contributed by atoms with Gasteiger partial charge in [-0.3, -0.25) is 4.79 Å². The minimum atomic E-state index is -3.80. The zero-order valence-corrected chi connectivity index (χ0v) is 10.3. The van der Waals surface area contributed by atoms with E-state index in [9.17, 15) is 13.2 Å². The van der Waals surface area contributed by atoms with Crippen LogP contribution in [0.1, 0.15) is 12.0 Å². The average Bonchev–Trinajstić information content (AvgIpc) is 2.17. The van der Waals surface area contributed by atoms with Gasteiger partial charge in [0.05, 0.1) is 15.6 Å². The first-order valence-corrected chi connectivity index (χ1v) is 7.13. The summed E-state index contributed by atoms with van der Waals surface area (Å²) < 4.78 is 22.3. The third kappa shape index (κ3) is 2.16. The number of halogens is 2. The van der Waals surface area contributed by atoms with Gasteiger partial charge in [0.1, 0.15) is 0 Å². The Morgan fingerprint density at radius 3 is 2.56 bits per heavy atom. The highest BCUT2D eigenvalue weighted by Crippen LogP contribution is 2.34. The molecule has 7 heteroatoms. The molecule has 0 saturated carbocycles. The molecular weight excluding hydrogens is 273 g/mol. The van der Waals surface area contributed by atoms with Gasteiger partial charge in [0.15, 0.2) is 0 Å². The molecule has 1 N–H and O–H groups in total.